The van der Waals surface area contributed by atoms with Crippen LogP contribution >= 0.6 is 0 Å². The number of nitrogens with one attached hydrogen (secondary N) is 1. The van der Waals surface area contributed by atoms with Gasteiger partial charge in [0.05, 0.1) is 0 Å². The van der Waals surface area contributed by atoms with Crippen molar-refractivity contribution in [3.63, 3.8) is 0 Å². The van der Waals surface area contributed by atoms with Crippen molar-refractivity contribution in [1.82, 2.24) is 15.1 Å². The van der Waals surface area contributed by atoms with Gasteiger partial charge in [-0.15, -0.1) is 0 Å². The van der Waals surface area contributed by atoms with Crippen LogP contribution < -0.4 is 5.32 Å². The van der Waals surface area contributed by atoms with Crippen LogP contribution in [0.1, 0.15) is 47.5 Å². The fourth-order valence-electron chi connectivity index (χ4n) is 2.84. The SMILES string of the molecule is CCCC(CNC(C)(C)C)N1CCN(C)CC1C. The van der Waals surface area contributed by atoms with Gasteiger partial charge in [0.15, 0.2) is 0 Å². The Balaban J connectivity index is 2.55. The second kappa shape index (κ2) is 6.88. The van der Waals surface area contributed by atoms with E-state index in [0.717, 1.165) is 6.54 Å². The van der Waals surface area contributed by atoms with Gasteiger partial charge in [0.2, 0.25) is 0 Å². The van der Waals surface area contributed by atoms with E-state index in [1.54, 1.807) is 0 Å². The number of hydrogen-bond donors (Lipinski definition) is 1. The van der Waals surface area contributed by atoms with E-state index in [1.807, 2.05) is 0 Å². The molecule has 1 aliphatic heterocycles. The molecule has 0 aromatic carbocycles. The topological polar surface area (TPSA) is 18.5 Å². The van der Waals surface area contributed by atoms with Gasteiger partial charge in [0, 0.05) is 43.8 Å². The third-order valence-electron chi connectivity index (χ3n) is 3.84. The zero-order valence-electron chi connectivity index (χ0n) is 13.3. The highest BCUT2D eigenvalue weighted by Gasteiger charge is 2.28. The van der Waals surface area contributed by atoms with Crippen molar-refractivity contribution in [3.05, 3.63) is 0 Å². The Hall–Kier alpha value is -0.120. The van der Waals surface area contributed by atoms with Crippen molar-refractivity contribution >= 4 is 0 Å². The van der Waals surface area contributed by atoms with Gasteiger partial charge in [-0.25, -0.2) is 0 Å². The minimum absolute atomic E-state index is 0.224. The summed E-state index contributed by atoms with van der Waals surface area (Å²) in [5, 5.41) is 3.68. The zero-order valence-corrected chi connectivity index (χ0v) is 13.3. The Morgan fingerprint density at radius 2 is 1.94 bits per heavy atom. The molecule has 0 spiro atoms. The second-order valence-corrected chi connectivity index (χ2v) is 6.92. The zero-order chi connectivity index (χ0) is 13.8. The Morgan fingerprint density at radius 3 is 2.44 bits per heavy atom. The fraction of sp³-hybridized carbons (Fsp3) is 1.00. The van der Waals surface area contributed by atoms with Crippen LogP contribution in [0.5, 0.6) is 0 Å². The summed E-state index contributed by atoms with van der Waals surface area (Å²) in [6.45, 7) is 16.2. The lowest BCUT2D eigenvalue weighted by Crippen LogP contribution is -2.57. The molecular weight excluding hydrogens is 222 g/mol. The summed E-state index contributed by atoms with van der Waals surface area (Å²) in [6, 6.07) is 1.37. The third-order valence-corrected chi connectivity index (χ3v) is 3.84. The molecule has 1 rings (SSSR count). The smallest absolute Gasteiger partial charge is 0.0224 e. The molecule has 18 heavy (non-hydrogen) atoms. The molecule has 108 valence electrons. The Kier molecular flexibility index (Phi) is 6.09. The molecule has 3 nitrogen and oxygen atoms in total. The van der Waals surface area contributed by atoms with Crippen LogP contribution in [0.3, 0.4) is 0 Å². The molecule has 1 N–H and O–H groups in total. The van der Waals surface area contributed by atoms with E-state index < -0.39 is 0 Å². The van der Waals surface area contributed by atoms with Crippen LogP contribution in [0.4, 0.5) is 0 Å². The lowest BCUT2D eigenvalue weighted by atomic mass is 10.0. The molecule has 0 saturated carbocycles. The molecule has 0 radical (unpaired) electrons. The maximum Gasteiger partial charge on any atom is 0.0224 e. The van der Waals surface area contributed by atoms with Gasteiger partial charge in [-0.2, -0.15) is 0 Å². The van der Waals surface area contributed by atoms with Gasteiger partial charge < -0.3 is 10.2 Å². The predicted molar refractivity (Wildman–Crippen MR) is 80.1 cm³/mol. The maximum atomic E-state index is 3.68. The lowest BCUT2D eigenvalue weighted by molar-refractivity contribution is 0.0544. The first-order valence-electron chi connectivity index (χ1n) is 7.53. The van der Waals surface area contributed by atoms with Crippen molar-refractivity contribution in [2.24, 2.45) is 0 Å². The number of nitrogens with zero attached hydrogens (tertiary/aromatic N) is 2. The first kappa shape index (κ1) is 15.9. The largest absolute Gasteiger partial charge is 0.311 e. The monoisotopic (exact) mass is 255 g/mol. The van der Waals surface area contributed by atoms with Crippen LogP contribution in [0.2, 0.25) is 0 Å². The Labute approximate surface area is 114 Å². The normalized spacial score (nSPS) is 25.3. The van der Waals surface area contributed by atoms with Crippen molar-refractivity contribution in [1.29, 1.82) is 0 Å². The van der Waals surface area contributed by atoms with E-state index >= 15 is 0 Å². The van der Waals surface area contributed by atoms with Gasteiger partial charge in [-0.1, -0.05) is 13.3 Å². The van der Waals surface area contributed by atoms with Gasteiger partial charge >= 0.3 is 0 Å². The Morgan fingerprint density at radius 1 is 1.28 bits per heavy atom. The highest BCUT2D eigenvalue weighted by Crippen LogP contribution is 2.16. The summed E-state index contributed by atoms with van der Waals surface area (Å²) in [5.41, 5.74) is 0.224. The molecular formula is C15H33N3. The summed E-state index contributed by atoms with van der Waals surface area (Å²) >= 11 is 0. The minimum atomic E-state index is 0.224. The van der Waals surface area contributed by atoms with Crippen LogP contribution in [-0.4, -0.2) is 60.6 Å². The van der Waals surface area contributed by atoms with Crippen molar-refractivity contribution in [3.8, 4) is 0 Å². The van der Waals surface area contributed by atoms with Crippen molar-refractivity contribution in [2.75, 3.05) is 33.2 Å². The molecule has 1 aliphatic rings. The first-order valence-corrected chi connectivity index (χ1v) is 7.53. The van der Waals surface area contributed by atoms with E-state index in [-0.39, 0.29) is 5.54 Å². The molecule has 2 unspecified atom stereocenters. The molecule has 1 fully saturated rings. The number of piperazine rings is 1. The van der Waals surface area contributed by atoms with E-state index in [9.17, 15) is 0 Å². The fourth-order valence-corrected chi connectivity index (χ4v) is 2.84. The number of rotatable bonds is 5. The summed E-state index contributed by atoms with van der Waals surface area (Å²) in [4.78, 5) is 5.16. The molecule has 1 heterocycles. The molecule has 0 aliphatic carbocycles. The standard InChI is InChI=1S/C15H33N3/c1-7-8-14(11-16-15(3,4)5)18-10-9-17(6)12-13(18)2/h13-14,16H,7-12H2,1-6H3. The number of hydrogen-bond acceptors (Lipinski definition) is 3. The average molecular weight is 255 g/mol. The van der Waals surface area contributed by atoms with E-state index in [0.29, 0.717) is 12.1 Å². The van der Waals surface area contributed by atoms with E-state index in [1.165, 1.54) is 32.5 Å². The molecule has 0 bridgehead atoms. The molecule has 0 aromatic rings. The van der Waals surface area contributed by atoms with Crippen LogP contribution in [0.15, 0.2) is 0 Å². The molecule has 3 heteroatoms. The first-order chi connectivity index (χ1) is 8.33. The summed E-state index contributed by atoms with van der Waals surface area (Å²) in [6.07, 6.45) is 2.58. The highest BCUT2D eigenvalue weighted by atomic mass is 15.3. The lowest BCUT2D eigenvalue weighted by Gasteiger charge is -2.43. The van der Waals surface area contributed by atoms with E-state index in [4.69, 9.17) is 0 Å². The summed E-state index contributed by atoms with van der Waals surface area (Å²) in [5.74, 6) is 0. The summed E-state index contributed by atoms with van der Waals surface area (Å²) < 4.78 is 0. The van der Waals surface area contributed by atoms with Gasteiger partial charge in [0.25, 0.3) is 0 Å². The predicted octanol–water partition coefficient (Wildman–Crippen LogP) is 2.18. The van der Waals surface area contributed by atoms with Crippen LogP contribution in [0.25, 0.3) is 0 Å². The number of likely N-dealkylation sites (N-methyl/N-ethyl adjacent to an activating group) is 1. The van der Waals surface area contributed by atoms with Crippen LogP contribution in [-0.2, 0) is 0 Å². The van der Waals surface area contributed by atoms with Crippen LogP contribution in [0, 0.1) is 0 Å². The quantitative estimate of drug-likeness (QED) is 0.812. The molecule has 2 atom stereocenters. The highest BCUT2D eigenvalue weighted by molar-refractivity contribution is 4.86. The van der Waals surface area contributed by atoms with Crippen molar-refractivity contribution < 1.29 is 0 Å². The molecule has 1 saturated heterocycles. The average Bonchev–Trinajstić information content (AvgIpc) is 2.24. The second-order valence-electron chi connectivity index (χ2n) is 6.92. The summed E-state index contributed by atoms with van der Waals surface area (Å²) in [7, 11) is 2.23. The molecule has 0 amide bonds. The minimum Gasteiger partial charge on any atom is -0.311 e. The third kappa shape index (κ3) is 5.25. The van der Waals surface area contributed by atoms with Crippen molar-refractivity contribution in [2.45, 2.75) is 65.1 Å². The maximum absolute atomic E-state index is 3.68. The Bertz CT molecular complexity index is 234. The van der Waals surface area contributed by atoms with Gasteiger partial charge in [0.1, 0.15) is 0 Å². The molecule has 0 aromatic heterocycles. The van der Waals surface area contributed by atoms with Gasteiger partial charge in [-0.3, -0.25) is 4.90 Å². The van der Waals surface area contributed by atoms with Gasteiger partial charge in [-0.05, 0) is 41.2 Å². The van der Waals surface area contributed by atoms with E-state index in [2.05, 4.69) is 56.8 Å².